The molecule has 8 heteroatoms. The zero-order valence-electron chi connectivity index (χ0n) is 10.5. The molecule has 1 aromatic heterocycles. The van der Waals surface area contributed by atoms with Crippen molar-refractivity contribution in [1.82, 2.24) is 0 Å². The van der Waals surface area contributed by atoms with Crippen LogP contribution in [-0.2, 0) is 0 Å². The van der Waals surface area contributed by atoms with Gasteiger partial charge in [-0.2, -0.15) is 0 Å². The highest BCUT2D eigenvalue weighted by atomic mass is 35.5. The molecular formula is C13H8ClNO6. The van der Waals surface area contributed by atoms with E-state index in [0.717, 1.165) is 6.07 Å². The van der Waals surface area contributed by atoms with Crippen molar-refractivity contribution in [2.45, 2.75) is 0 Å². The van der Waals surface area contributed by atoms with E-state index < -0.39 is 16.6 Å². The molecule has 1 aliphatic rings. The Balaban J connectivity index is 1.98. The molecule has 1 aliphatic heterocycles. The predicted molar refractivity (Wildman–Crippen MR) is 71.2 cm³/mol. The van der Waals surface area contributed by atoms with Gasteiger partial charge in [0.2, 0.25) is 5.78 Å². The molecule has 0 fully saturated rings. The minimum absolute atomic E-state index is 0.130. The molecule has 0 N–H and O–H groups in total. The average molecular weight is 310 g/mol. The highest BCUT2D eigenvalue weighted by Crippen LogP contribution is 2.36. The van der Waals surface area contributed by atoms with E-state index in [1.54, 1.807) is 0 Å². The van der Waals surface area contributed by atoms with Crippen LogP contribution in [-0.4, -0.2) is 23.9 Å². The van der Waals surface area contributed by atoms with Crippen LogP contribution >= 0.6 is 11.6 Å². The lowest BCUT2D eigenvalue weighted by Crippen LogP contribution is -2.16. The van der Waals surface area contributed by atoms with Gasteiger partial charge in [0.05, 0.1) is 11.1 Å². The molecule has 0 atom stereocenters. The number of furan rings is 1. The lowest BCUT2D eigenvalue weighted by molar-refractivity contribution is -0.402. The van der Waals surface area contributed by atoms with Crippen LogP contribution < -0.4 is 9.47 Å². The van der Waals surface area contributed by atoms with Crippen molar-refractivity contribution in [2.75, 3.05) is 13.2 Å². The number of ketones is 1. The van der Waals surface area contributed by atoms with E-state index in [0.29, 0.717) is 24.7 Å². The summed E-state index contributed by atoms with van der Waals surface area (Å²) in [6, 6.07) is 5.25. The third-order valence-electron chi connectivity index (χ3n) is 2.87. The van der Waals surface area contributed by atoms with Crippen LogP contribution in [0.1, 0.15) is 16.1 Å². The Morgan fingerprint density at radius 2 is 1.86 bits per heavy atom. The number of carbonyl (C=O) groups excluding carboxylic acids is 1. The fourth-order valence-electron chi connectivity index (χ4n) is 1.92. The van der Waals surface area contributed by atoms with Crippen molar-refractivity contribution in [3.8, 4) is 11.5 Å². The molecule has 1 aromatic carbocycles. The first-order valence-electron chi connectivity index (χ1n) is 5.94. The van der Waals surface area contributed by atoms with Gasteiger partial charge in [0, 0.05) is 11.6 Å². The molecule has 0 saturated carbocycles. The molecule has 0 aliphatic carbocycles. The topological polar surface area (TPSA) is 91.8 Å². The SMILES string of the molecule is O=C(c1ccc([N+](=O)[O-])o1)c1cc2c(cc1Cl)OCCO2. The number of halogens is 1. The number of benzene rings is 1. The number of hydrogen-bond donors (Lipinski definition) is 0. The Bertz CT molecular complexity index is 738. The zero-order chi connectivity index (χ0) is 15.0. The fraction of sp³-hybridized carbons (Fsp3) is 0.154. The monoisotopic (exact) mass is 309 g/mol. The molecule has 2 aromatic rings. The Kier molecular flexibility index (Phi) is 3.26. The van der Waals surface area contributed by atoms with Gasteiger partial charge in [-0.15, -0.1) is 0 Å². The van der Waals surface area contributed by atoms with Crippen LogP contribution in [0.3, 0.4) is 0 Å². The first-order valence-corrected chi connectivity index (χ1v) is 6.32. The van der Waals surface area contributed by atoms with Crippen molar-refractivity contribution in [1.29, 1.82) is 0 Å². The summed E-state index contributed by atoms with van der Waals surface area (Å²) >= 11 is 6.04. The van der Waals surface area contributed by atoms with Crippen LogP contribution in [0.2, 0.25) is 5.02 Å². The first kappa shape index (κ1) is 13.4. The number of nitrogens with zero attached hydrogens (tertiary/aromatic N) is 1. The molecule has 3 rings (SSSR count). The third-order valence-corrected chi connectivity index (χ3v) is 3.18. The van der Waals surface area contributed by atoms with Gasteiger partial charge in [-0.25, -0.2) is 0 Å². The molecule has 7 nitrogen and oxygen atoms in total. The average Bonchev–Trinajstić information content (AvgIpc) is 2.96. The van der Waals surface area contributed by atoms with Gasteiger partial charge in [0.1, 0.15) is 18.1 Å². The molecule has 2 heterocycles. The number of carbonyl (C=O) groups is 1. The summed E-state index contributed by atoms with van der Waals surface area (Å²) in [7, 11) is 0. The quantitative estimate of drug-likeness (QED) is 0.492. The fourth-order valence-corrected chi connectivity index (χ4v) is 2.16. The molecule has 21 heavy (non-hydrogen) atoms. The maximum absolute atomic E-state index is 12.3. The van der Waals surface area contributed by atoms with E-state index in [1.165, 1.54) is 18.2 Å². The Hall–Kier alpha value is -2.54. The summed E-state index contributed by atoms with van der Waals surface area (Å²) < 4.78 is 15.6. The first-order chi connectivity index (χ1) is 10.1. The Labute approximate surface area is 123 Å². The second-order valence-corrected chi connectivity index (χ2v) is 4.61. The molecule has 0 bridgehead atoms. The number of hydrogen-bond acceptors (Lipinski definition) is 6. The van der Waals surface area contributed by atoms with E-state index in [-0.39, 0.29) is 16.3 Å². The van der Waals surface area contributed by atoms with E-state index in [4.69, 9.17) is 25.5 Å². The summed E-state index contributed by atoms with van der Waals surface area (Å²) in [6.07, 6.45) is 0. The van der Waals surface area contributed by atoms with Gasteiger partial charge < -0.3 is 13.9 Å². The van der Waals surface area contributed by atoms with E-state index in [9.17, 15) is 14.9 Å². The summed E-state index contributed by atoms with van der Waals surface area (Å²) in [6.45, 7) is 0.773. The lowest BCUT2D eigenvalue weighted by atomic mass is 10.1. The lowest BCUT2D eigenvalue weighted by Gasteiger charge is -2.19. The summed E-state index contributed by atoms with van der Waals surface area (Å²) in [4.78, 5) is 22.1. The van der Waals surface area contributed by atoms with Crippen LogP contribution in [0.15, 0.2) is 28.7 Å². The summed E-state index contributed by atoms with van der Waals surface area (Å²) in [5.74, 6) is -0.388. The molecule has 0 spiro atoms. The van der Waals surface area contributed by atoms with Crippen LogP contribution in [0.25, 0.3) is 0 Å². The van der Waals surface area contributed by atoms with Gasteiger partial charge >= 0.3 is 5.88 Å². The van der Waals surface area contributed by atoms with Crippen LogP contribution in [0.5, 0.6) is 11.5 Å². The highest BCUT2D eigenvalue weighted by molar-refractivity contribution is 6.35. The molecule has 0 radical (unpaired) electrons. The predicted octanol–water partition coefficient (Wildman–Crippen LogP) is 2.84. The van der Waals surface area contributed by atoms with Crippen molar-refractivity contribution in [2.24, 2.45) is 0 Å². The molecular weight excluding hydrogens is 302 g/mol. The number of nitro groups is 1. The van der Waals surface area contributed by atoms with Gasteiger partial charge in [0.15, 0.2) is 17.3 Å². The third kappa shape index (κ3) is 2.43. The largest absolute Gasteiger partial charge is 0.486 e. The molecule has 0 unspecified atom stereocenters. The van der Waals surface area contributed by atoms with Crippen molar-refractivity contribution in [3.05, 3.63) is 50.7 Å². The van der Waals surface area contributed by atoms with Gasteiger partial charge in [-0.1, -0.05) is 11.6 Å². The highest BCUT2D eigenvalue weighted by Gasteiger charge is 2.23. The zero-order valence-corrected chi connectivity index (χ0v) is 11.3. The van der Waals surface area contributed by atoms with E-state index >= 15 is 0 Å². The Morgan fingerprint density at radius 3 is 2.48 bits per heavy atom. The number of rotatable bonds is 3. The minimum atomic E-state index is -0.720. The standard InChI is InChI=1S/C13H8ClNO6/c14-8-6-11-10(19-3-4-20-11)5-7(8)13(16)9-1-2-12(21-9)15(17)18/h1-2,5-6H,3-4H2. The van der Waals surface area contributed by atoms with Crippen LogP contribution in [0, 0.1) is 10.1 Å². The van der Waals surface area contributed by atoms with Crippen LogP contribution in [0.4, 0.5) is 5.88 Å². The molecule has 108 valence electrons. The smallest absolute Gasteiger partial charge is 0.433 e. The van der Waals surface area contributed by atoms with E-state index in [1.807, 2.05) is 0 Å². The molecule has 0 amide bonds. The Morgan fingerprint density at radius 1 is 1.19 bits per heavy atom. The van der Waals surface area contributed by atoms with Crippen molar-refractivity contribution >= 4 is 23.3 Å². The van der Waals surface area contributed by atoms with Gasteiger partial charge in [0.25, 0.3) is 0 Å². The maximum atomic E-state index is 12.3. The maximum Gasteiger partial charge on any atom is 0.433 e. The number of fused-ring (bicyclic) bond motifs is 1. The van der Waals surface area contributed by atoms with E-state index in [2.05, 4.69) is 0 Å². The summed E-state index contributed by atoms with van der Waals surface area (Å²) in [5, 5.41) is 10.7. The second-order valence-electron chi connectivity index (χ2n) is 4.20. The number of ether oxygens (including phenoxy) is 2. The second kappa shape index (κ2) is 5.10. The normalized spacial score (nSPS) is 13.0. The van der Waals surface area contributed by atoms with Crippen molar-refractivity contribution < 1.29 is 23.6 Å². The minimum Gasteiger partial charge on any atom is -0.486 e. The summed E-state index contributed by atoms with van der Waals surface area (Å²) in [5.41, 5.74) is 0.130. The van der Waals surface area contributed by atoms with Gasteiger partial charge in [-0.3, -0.25) is 14.9 Å². The molecule has 0 saturated heterocycles. The van der Waals surface area contributed by atoms with Gasteiger partial charge in [-0.05, 0) is 12.1 Å². The van der Waals surface area contributed by atoms with Crippen molar-refractivity contribution in [3.63, 3.8) is 0 Å².